The number of H-pyrrole nitrogens is 2. The molecule has 40 heavy (non-hydrogen) atoms. The van der Waals surface area contributed by atoms with Gasteiger partial charge in [0.1, 0.15) is 11.5 Å². The molecule has 0 aliphatic heterocycles. The Labute approximate surface area is 233 Å². The molecule has 0 fully saturated rings. The minimum atomic E-state index is -0.292. The van der Waals surface area contributed by atoms with E-state index >= 15 is 0 Å². The van der Waals surface area contributed by atoms with Crippen LogP contribution in [0.3, 0.4) is 0 Å². The highest BCUT2D eigenvalue weighted by Crippen LogP contribution is 2.30. The molecule has 0 unspecified atom stereocenters. The number of benzene rings is 2. The Bertz CT molecular complexity index is 1850. The van der Waals surface area contributed by atoms with Crippen LogP contribution in [0.5, 0.6) is 0 Å². The second-order valence-corrected chi connectivity index (χ2v) is 11.1. The summed E-state index contributed by atoms with van der Waals surface area (Å²) in [4.78, 5) is 12.7. The Morgan fingerprint density at radius 3 is 2.58 bits per heavy atom. The highest BCUT2D eigenvalue weighted by Gasteiger charge is 2.16. The van der Waals surface area contributed by atoms with Gasteiger partial charge in [-0.15, -0.1) is 0 Å². The third kappa shape index (κ3) is 5.64. The van der Waals surface area contributed by atoms with E-state index in [1.54, 1.807) is 24.5 Å². The molecule has 6 nitrogen and oxygen atoms in total. The minimum absolute atomic E-state index is 0.129. The Morgan fingerprint density at radius 2 is 1.82 bits per heavy atom. The standard InChI is InChI=1S/C33H33FN6/c1-7-28-26(15-20(2)22-16-23(19-35-18-22)36-21(3)17-33(4,5)6)31(40-39-28)32-37-29-14-10-12-25(30(29)38-32)24-11-8-9-13-27(24)34/h7-16,18-19,36,39H,2-3,17H2,1,4-6H3,(H,37,38)/b26-15+,28-7+. The first-order valence-electron chi connectivity index (χ1n) is 13.2. The van der Waals surface area contributed by atoms with E-state index < -0.39 is 0 Å². The number of hydrogen-bond acceptors (Lipinski definition) is 4. The summed E-state index contributed by atoms with van der Waals surface area (Å²) in [6, 6.07) is 14.4. The van der Waals surface area contributed by atoms with Crippen LogP contribution in [-0.2, 0) is 0 Å². The normalized spacial score (nSPS) is 12.7. The molecular weight excluding hydrogens is 499 g/mol. The van der Waals surface area contributed by atoms with Crippen molar-refractivity contribution in [2.24, 2.45) is 5.41 Å². The number of nitrogens with one attached hydrogen (secondary N) is 3. The Kier molecular flexibility index (Phi) is 7.22. The number of fused-ring (bicyclic) bond motifs is 1. The molecule has 202 valence electrons. The fourth-order valence-corrected chi connectivity index (χ4v) is 4.78. The van der Waals surface area contributed by atoms with Crippen LogP contribution in [-0.4, -0.2) is 25.1 Å². The van der Waals surface area contributed by atoms with Crippen molar-refractivity contribution in [2.75, 3.05) is 5.32 Å². The zero-order valence-electron chi connectivity index (χ0n) is 23.3. The van der Waals surface area contributed by atoms with Crippen molar-refractivity contribution in [1.29, 1.82) is 0 Å². The number of hydrogen-bond donors (Lipinski definition) is 3. The number of imidazole rings is 1. The summed E-state index contributed by atoms with van der Waals surface area (Å²) in [6.07, 6.45) is 8.34. The molecule has 3 heterocycles. The second kappa shape index (κ2) is 10.8. The summed E-state index contributed by atoms with van der Waals surface area (Å²) in [7, 11) is 0. The summed E-state index contributed by atoms with van der Waals surface area (Å²) in [5, 5.41) is 12.7. The summed E-state index contributed by atoms with van der Waals surface area (Å²) in [5.74, 6) is 0.286. The van der Waals surface area contributed by atoms with E-state index in [0.29, 0.717) is 28.2 Å². The van der Waals surface area contributed by atoms with Crippen LogP contribution in [0, 0.1) is 11.2 Å². The highest BCUT2D eigenvalue weighted by molar-refractivity contribution is 5.94. The lowest BCUT2D eigenvalue weighted by atomic mass is 9.91. The van der Waals surface area contributed by atoms with Gasteiger partial charge in [-0.25, -0.2) is 9.37 Å². The predicted octanol–water partition coefficient (Wildman–Crippen LogP) is 6.81. The largest absolute Gasteiger partial charge is 0.358 e. The van der Waals surface area contributed by atoms with E-state index in [0.717, 1.165) is 45.0 Å². The van der Waals surface area contributed by atoms with Gasteiger partial charge in [0.25, 0.3) is 0 Å². The topological polar surface area (TPSA) is 82.3 Å². The summed E-state index contributed by atoms with van der Waals surface area (Å²) in [6.45, 7) is 17.0. The molecule has 0 amide bonds. The average molecular weight is 533 g/mol. The number of para-hydroxylation sites is 1. The third-order valence-corrected chi connectivity index (χ3v) is 6.52. The van der Waals surface area contributed by atoms with Crippen LogP contribution in [0.4, 0.5) is 10.1 Å². The SMILES string of the molecule is C=C(CC(C)(C)C)Nc1cncc(C(=C)/C=c2/c(-c3nc4c(-c5ccccc5F)cccc4[nH]3)n[nH]/c2=C/C)c1. The molecule has 5 aromatic rings. The number of allylic oxidation sites excluding steroid dienone is 2. The molecule has 0 atom stereocenters. The number of nitrogens with zero attached hydrogens (tertiary/aromatic N) is 3. The Morgan fingerprint density at radius 1 is 1.05 bits per heavy atom. The molecule has 0 saturated carbocycles. The predicted molar refractivity (Wildman–Crippen MR) is 163 cm³/mol. The first-order chi connectivity index (χ1) is 19.1. The van der Waals surface area contributed by atoms with Gasteiger partial charge in [0.05, 0.1) is 28.3 Å². The monoisotopic (exact) mass is 532 g/mol. The van der Waals surface area contributed by atoms with Gasteiger partial charge in [-0.1, -0.05) is 70.3 Å². The number of aromatic amines is 2. The number of aromatic nitrogens is 5. The first kappa shape index (κ1) is 26.8. The molecule has 0 aliphatic carbocycles. The zero-order valence-corrected chi connectivity index (χ0v) is 23.3. The van der Waals surface area contributed by atoms with Crippen molar-refractivity contribution < 1.29 is 4.39 Å². The maximum atomic E-state index is 14.6. The van der Waals surface area contributed by atoms with E-state index in [2.05, 4.69) is 59.4 Å². The Balaban J connectivity index is 1.53. The summed E-state index contributed by atoms with van der Waals surface area (Å²) in [5.41, 5.74) is 6.89. The number of rotatable bonds is 7. The number of pyridine rings is 1. The molecule has 3 aromatic heterocycles. The molecule has 0 radical (unpaired) electrons. The third-order valence-electron chi connectivity index (χ3n) is 6.52. The van der Waals surface area contributed by atoms with Crippen molar-refractivity contribution in [1.82, 2.24) is 25.1 Å². The maximum absolute atomic E-state index is 14.6. The first-order valence-corrected chi connectivity index (χ1v) is 13.2. The summed E-state index contributed by atoms with van der Waals surface area (Å²) >= 11 is 0. The van der Waals surface area contributed by atoms with Gasteiger partial charge in [0, 0.05) is 33.8 Å². The lowest BCUT2D eigenvalue weighted by Gasteiger charge is -2.20. The lowest BCUT2D eigenvalue weighted by molar-refractivity contribution is 0.411. The Hall–Kier alpha value is -4.78. The van der Waals surface area contributed by atoms with E-state index in [9.17, 15) is 4.39 Å². The van der Waals surface area contributed by atoms with Gasteiger partial charge in [0.15, 0.2) is 5.82 Å². The smallest absolute Gasteiger partial charge is 0.159 e. The van der Waals surface area contributed by atoms with Crippen LogP contribution >= 0.6 is 0 Å². The molecule has 0 saturated heterocycles. The molecule has 0 bridgehead atoms. The van der Waals surface area contributed by atoms with Gasteiger partial charge in [0.2, 0.25) is 0 Å². The molecular formula is C33H33FN6. The van der Waals surface area contributed by atoms with Crippen LogP contribution < -0.4 is 15.9 Å². The second-order valence-electron chi connectivity index (χ2n) is 11.1. The van der Waals surface area contributed by atoms with Gasteiger partial charge in [-0.05, 0) is 48.6 Å². The van der Waals surface area contributed by atoms with Crippen molar-refractivity contribution in [2.45, 2.75) is 34.1 Å². The van der Waals surface area contributed by atoms with Gasteiger partial charge < -0.3 is 10.3 Å². The quantitative estimate of drug-likeness (QED) is 0.215. The van der Waals surface area contributed by atoms with Crippen molar-refractivity contribution in [3.63, 3.8) is 0 Å². The van der Waals surface area contributed by atoms with Crippen molar-refractivity contribution in [3.05, 3.63) is 102 Å². The fourth-order valence-electron chi connectivity index (χ4n) is 4.78. The van der Waals surface area contributed by atoms with Crippen LogP contribution in [0.1, 0.15) is 39.7 Å². The fraction of sp³-hybridized carbons (Fsp3) is 0.182. The van der Waals surface area contributed by atoms with E-state index in [-0.39, 0.29) is 11.2 Å². The molecule has 0 aliphatic rings. The van der Waals surface area contributed by atoms with Gasteiger partial charge in [-0.2, -0.15) is 5.10 Å². The molecule has 3 N–H and O–H groups in total. The van der Waals surface area contributed by atoms with Crippen molar-refractivity contribution >= 4 is 34.4 Å². The van der Waals surface area contributed by atoms with Gasteiger partial charge in [-0.3, -0.25) is 10.1 Å². The van der Waals surface area contributed by atoms with Crippen LogP contribution in [0.15, 0.2) is 79.8 Å². The minimum Gasteiger partial charge on any atom is -0.358 e. The molecule has 5 rings (SSSR count). The molecule has 7 heteroatoms. The van der Waals surface area contributed by atoms with Crippen LogP contribution in [0.25, 0.3) is 51.4 Å². The van der Waals surface area contributed by atoms with Crippen molar-refractivity contribution in [3.8, 4) is 22.6 Å². The summed E-state index contributed by atoms with van der Waals surface area (Å²) < 4.78 is 14.6. The number of anilines is 1. The lowest BCUT2D eigenvalue weighted by Crippen LogP contribution is -2.23. The van der Waals surface area contributed by atoms with E-state index in [4.69, 9.17) is 4.98 Å². The molecule has 0 spiro atoms. The maximum Gasteiger partial charge on any atom is 0.159 e. The van der Waals surface area contributed by atoms with E-state index in [1.165, 1.54) is 6.07 Å². The zero-order chi connectivity index (χ0) is 28.4. The van der Waals surface area contributed by atoms with Gasteiger partial charge >= 0.3 is 0 Å². The number of halogens is 1. The van der Waals surface area contributed by atoms with Crippen LogP contribution in [0.2, 0.25) is 0 Å². The average Bonchev–Trinajstić information content (AvgIpc) is 3.51. The highest BCUT2D eigenvalue weighted by atomic mass is 19.1. The molecule has 2 aromatic carbocycles. The van der Waals surface area contributed by atoms with E-state index in [1.807, 2.05) is 49.4 Å².